The van der Waals surface area contributed by atoms with Crippen LogP contribution in [0.1, 0.15) is 58.4 Å². The second-order valence-electron chi connectivity index (χ2n) is 14.6. The number of nitrogens with zero attached hydrogens (tertiary/aromatic N) is 4. The van der Waals surface area contributed by atoms with Crippen molar-refractivity contribution >= 4 is 40.8 Å². The standard InChI is InChI=1S/C40H53ClFN5O4/c1-25(21-47-26(2)14-33-19-31(47)15-27(3)51-33)22-49-40(44-5)45-39-29(16-30-11-9-13-46(30)23-43-4)18-36(41)37(38(39)42)35-20-32(50-24-48-6)17-28-10-7-8-12-34(28)35/h7-8,10,12,17-18,20,25-27,30-31,33,43H,5,9,11,13-16,19,21-24H2,1-4,6H3/b45-40+. The second-order valence-corrected chi connectivity index (χ2v) is 15.0. The molecule has 11 heteroatoms. The van der Waals surface area contributed by atoms with E-state index < -0.39 is 5.82 Å². The van der Waals surface area contributed by atoms with Gasteiger partial charge in [0.05, 0.1) is 23.8 Å². The van der Waals surface area contributed by atoms with E-state index in [0.29, 0.717) is 53.1 Å². The molecule has 3 aliphatic rings. The van der Waals surface area contributed by atoms with Crippen molar-refractivity contribution in [2.24, 2.45) is 15.9 Å². The number of nitrogens with one attached hydrogen (secondary N) is 1. The monoisotopic (exact) mass is 721 g/mol. The predicted molar refractivity (Wildman–Crippen MR) is 204 cm³/mol. The first-order valence-electron chi connectivity index (χ1n) is 18.3. The van der Waals surface area contributed by atoms with Crippen LogP contribution in [0.15, 0.2) is 52.4 Å². The molecule has 0 spiro atoms. The van der Waals surface area contributed by atoms with Crippen molar-refractivity contribution in [1.29, 1.82) is 0 Å². The van der Waals surface area contributed by atoms with Crippen LogP contribution in [0.5, 0.6) is 5.75 Å². The molecule has 9 nitrogen and oxygen atoms in total. The van der Waals surface area contributed by atoms with Crippen LogP contribution < -0.4 is 10.1 Å². The fourth-order valence-corrected chi connectivity index (χ4v) is 8.68. The molecule has 0 amide bonds. The van der Waals surface area contributed by atoms with Crippen LogP contribution in [0.4, 0.5) is 10.1 Å². The molecule has 0 saturated carbocycles. The molecule has 0 radical (unpaired) electrons. The molecule has 6 rings (SSSR count). The van der Waals surface area contributed by atoms with E-state index >= 15 is 4.39 Å². The van der Waals surface area contributed by atoms with Crippen molar-refractivity contribution in [3.05, 3.63) is 58.9 Å². The largest absolute Gasteiger partial charge is 0.468 e. The molecule has 276 valence electrons. The molecule has 1 N–H and O–H groups in total. The highest BCUT2D eigenvalue weighted by atomic mass is 35.5. The Morgan fingerprint density at radius 3 is 2.78 bits per heavy atom. The summed E-state index contributed by atoms with van der Waals surface area (Å²) >= 11 is 7.05. The van der Waals surface area contributed by atoms with Gasteiger partial charge in [0, 0.05) is 49.9 Å². The third-order valence-corrected chi connectivity index (χ3v) is 10.9. The third-order valence-electron chi connectivity index (χ3n) is 10.6. The Kier molecular flexibility index (Phi) is 12.6. The van der Waals surface area contributed by atoms with Gasteiger partial charge in [-0.15, -0.1) is 0 Å². The highest BCUT2D eigenvalue weighted by Crippen LogP contribution is 2.44. The van der Waals surface area contributed by atoms with Gasteiger partial charge in [0.1, 0.15) is 11.4 Å². The lowest BCUT2D eigenvalue weighted by atomic mass is 9.87. The molecule has 3 aliphatic heterocycles. The van der Waals surface area contributed by atoms with Gasteiger partial charge in [-0.2, -0.15) is 4.99 Å². The van der Waals surface area contributed by atoms with E-state index in [-0.39, 0.29) is 42.1 Å². The minimum Gasteiger partial charge on any atom is -0.468 e. The number of halogens is 2. The summed E-state index contributed by atoms with van der Waals surface area (Å²) in [5.74, 6) is 0.199. The molecular weight excluding hydrogens is 669 g/mol. The molecule has 3 aromatic carbocycles. The average molecular weight is 722 g/mol. The number of fused-ring (bicyclic) bond motifs is 3. The smallest absolute Gasteiger partial charge is 0.316 e. The number of piperidine rings is 1. The predicted octanol–water partition coefficient (Wildman–Crippen LogP) is 7.84. The van der Waals surface area contributed by atoms with Gasteiger partial charge in [-0.3, -0.25) is 9.80 Å². The summed E-state index contributed by atoms with van der Waals surface area (Å²) in [4.78, 5) is 13.9. The summed E-state index contributed by atoms with van der Waals surface area (Å²) in [6, 6.07) is 14.6. The molecule has 3 saturated heterocycles. The van der Waals surface area contributed by atoms with Crippen LogP contribution >= 0.6 is 11.6 Å². The first-order chi connectivity index (χ1) is 24.7. The number of rotatable bonds is 13. The first-order valence-corrected chi connectivity index (χ1v) is 18.7. The van der Waals surface area contributed by atoms with Crippen molar-refractivity contribution in [3.8, 4) is 16.9 Å². The zero-order chi connectivity index (χ0) is 36.1. The molecule has 2 bridgehead atoms. The van der Waals surface area contributed by atoms with Crippen molar-refractivity contribution < 1.29 is 23.3 Å². The number of benzene rings is 3. The highest BCUT2D eigenvalue weighted by molar-refractivity contribution is 6.34. The molecule has 0 aromatic heterocycles. The molecule has 6 atom stereocenters. The zero-order valence-electron chi connectivity index (χ0n) is 30.7. The van der Waals surface area contributed by atoms with Gasteiger partial charge in [-0.25, -0.2) is 9.38 Å². The maximum absolute atomic E-state index is 17.3. The van der Waals surface area contributed by atoms with E-state index in [2.05, 4.69) is 47.6 Å². The van der Waals surface area contributed by atoms with Crippen LogP contribution in [0.2, 0.25) is 5.02 Å². The molecular formula is C40H53ClFN5O4. The van der Waals surface area contributed by atoms with Gasteiger partial charge in [0.15, 0.2) is 12.6 Å². The van der Waals surface area contributed by atoms with Gasteiger partial charge in [0.25, 0.3) is 0 Å². The fraction of sp³-hybridized carbons (Fsp3) is 0.550. The van der Waals surface area contributed by atoms with E-state index in [9.17, 15) is 0 Å². The Hall–Kier alpha value is -3.12. The van der Waals surface area contributed by atoms with Crippen molar-refractivity contribution in [2.45, 2.75) is 89.6 Å². The average Bonchev–Trinajstić information content (AvgIpc) is 3.54. The minimum absolute atomic E-state index is 0.0438. The van der Waals surface area contributed by atoms with Gasteiger partial charge in [0.2, 0.25) is 0 Å². The number of ether oxygens (including phenoxy) is 4. The molecule has 3 aromatic rings. The van der Waals surface area contributed by atoms with Crippen LogP contribution in [-0.2, 0) is 20.6 Å². The summed E-state index contributed by atoms with van der Waals surface area (Å²) in [6.07, 6.45) is 6.43. The van der Waals surface area contributed by atoms with Gasteiger partial charge >= 0.3 is 6.02 Å². The minimum atomic E-state index is -0.534. The SMILES string of the molecule is C=N/C(=N\c1c(CC2CCCN2CNC)cc(Cl)c(-c2cc(OCOC)cc3ccccc23)c1F)OCC(C)CN1C(C)CC2CC1CC(C)O2. The van der Waals surface area contributed by atoms with Crippen molar-refractivity contribution in [2.75, 3.05) is 47.3 Å². The summed E-state index contributed by atoms with van der Waals surface area (Å²) in [5.41, 5.74) is 1.72. The number of hydrogen-bond acceptors (Lipinski definition) is 8. The Morgan fingerprint density at radius 2 is 2.00 bits per heavy atom. The number of methoxy groups -OCH3 is 1. The summed E-state index contributed by atoms with van der Waals surface area (Å²) in [6.45, 7) is 13.5. The van der Waals surface area contributed by atoms with Crippen LogP contribution in [0.3, 0.4) is 0 Å². The fourth-order valence-electron chi connectivity index (χ4n) is 8.36. The number of amidine groups is 1. The Balaban J connectivity index is 1.33. The van der Waals surface area contributed by atoms with E-state index in [1.54, 1.807) is 13.2 Å². The van der Waals surface area contributed by atoms with E-state index in [0.717, 1.165) is 62.6 Å². The molecule has 6 unspecified atom stereocenters. The number of aliphatic imine (C=N–C) groups is 2. The lowest BCUT2D eigenvalue weighted by molar-refractivity contribution is -0.123. The quantitative estimate of drug-likeness (QED) is 0.110. The maximum atomic E-state index is 17.3. The van der Waals surface area contributed by atoms with E-state index in [4.69, 9.17) is 35.5 Å². The van der Waals surface area contributed by atoms with E-state index in [1.165, 1.54) is 0 Å². The van der Waals surface area contributed by atoms with E-state index in [1.807, 2.05) is 43.4 Å². The van der Waals surface area contributed by atoms with Gasteiger partial charge in [-0.05, 0) is 113 Å². The summed E-state index contributed by atoms with van der Waals surface area (Å²) in [5, 5.41) is 5.30. The number of hydrogen-bond donors (Lipinski definition) is 1. The molecule has 3 heterocycles. The van der Waals surface area contributed by atoms with Crippen molar-refractivity contribution in [1.82, 2.24) is 15.1 Å². The van der Waals surface area contributed by atoms with Crippen LogP contribution in [0, 0.1) is 11.7 Å². The van der Waals surface area contributed by atoms with Crippen LogP contribution in [-0.4, -0.2) is 100 Å². The Morgan fingerprint density at radius 1 is 1.18 bits per heavy atom. The summed E-state index contributed by atoms with van der Waals surface area (Å²) < 4.78 is 40.7. The lowest BCUT2D eigenvalue weighted by Crippen LogP contribution is -2.56. The summed E-state index contributed by atoms with van der Waals surface area (Å²) in [7, 11) is 3.50. The molecule has 3 fully saturated rings. The Bertz CT molecular complexity index is 1700. The molecule has 0 aliphatic carbocycles. The zero-order valence-corrected chi connectivity index (χ0v) is 31.4. The first kappa shape index (κ1) is 37.6. The topological polar surface area (TPSA) is 80.2 Å². The van der Waals surface area contributed by atoms with Crippen LogP contribution in [0.25, 0.3) is 21.9 Å². The normalized spacial score (nSPS) is 24.9. The van der Waals surface area contributed by atoms with Gasteiger partial charge < -0.3 is 24.3 Å². The number of likely N-dealkylation sites (tertiary alicyclic amines) is 2. The lowest BCUT2D eigenvalue weighted by Gasteiger charge is -2.49. The third kappa shape index (κ3) is 8.75. The molecule has 51 heavy (non-hydrogen) atoms. The van der Waals surface area contributed by atoms with Gasteiger partial charge in [-0.1, -0.05) is 42.8 Å². The Labute approximate surface area is 307 Å². The highest BCUT2D eigenvalue weighted by Gasteiger charge is 2.39. The second kappa shape index (κ2) is 17.1. The maximum Gasteiger partial charge on any atom is 0.316 e. The van der Waals surface area contributed by atoms with Crippen molar-refractivity contribution in [3.63, 3.8) is 0 Å².